The minimum atomic E-state index is -3.61. The van der Waals surface area contributed by atoms with Crippen molar-refractivity contribution in [2.45, 2.75) is 51.0 Å². The number of benzene rings is 2. The molecule has 0 spiro atoms. The maximum absolute atomic E-state index is 13.2. The Bertz CT molecular complexity index is 963. The van der Waals surface area contributed by atoms with E-state index in [0.29, 0.717) is 37.4 Å². The van der Waals surface area contributed by atoms with E-state index in [2.05, 4.69) is 5.32 Å². The number of sulfonamides is 1. The fraction of sp³-hybridized carbons (Fsp3) is 0.435. The molecule has 2 aromatic carbocycles. The maximum Gasteiger partial charge on any atom is 0.251 e. The van der Waals surface area contributed by atoms with Gasteiger partial charge < -0.3 is 10.1 Å². The topological polar surface area (TPSA) is 75.7 Å². The van der Waals surface area contributed by atoms with Crippen LogP contribution in [-0.4, -0.2) is 38.3 Å². The van der Waals surface area contributed by atoms with E-state index in [9.17, 15) is 13.2 Å². The van der Waals surface area contributed by atoms with Gasteiger partial charge in [-0.15, -0.1) is 0 Å². The Labute approximate surface area is 179 Å². The van der Waals surface area contributed by atoms with Gasteiger partial charge in [0.05, 0.1) is 11.5 Å². The van der Waals surface area contributed by atoms with E-state index >= 15 is 0 Å². The van der Waals surface area contributed by atoms with Crippen LogP contribution in [0.4, 0.5) is 0 Å². The first kappa shape index (κ1) is 22.3. The Morgan fingerprint density at radius 3 is 2.33 bits per heavy atom. The third-order valence-corrected chi connectivity index (χ3v) is 7.36. The van der Waals surface area contributed by atoms with Crippen LogP contribution >= 0.6 is 0 Å². The summed E-state index contributed by atoms with van der Waals surface area (Å²) < 4.78 is 33.3. The van der Waals surface area contributed by atoms with E-state index in [1.165, 1.54) is 6.07 Å². The largest absolute Gasteiger partial charge is 0.494 e. The molecule has 0 atom stereocenters. The van der Waals surface area contributed by atoms with Gasteiger partial charge in [-0.1, -0.05) is 31.0 Å². The van der Waals surface area contributed by atoms with Gasteiger partial charge in [-0.3, -0.25) is 4.79 Å². The number of amides is 1. The van der Waals surface area contributed by atoms with Crippen LogP contribution < -0.4 is 10.1 Å². The number of hydrogen-bond donors (Lipinski definition) is 1. The summed E-state index contributed by atoms with van der Waals surface area (Å²) >= 11 is 0. The molecule has 0 radical (unpaired) electrons. The van der Waals surface area contributed by atoms with Gasteiger partial charge in [0, 0.05) is 25.2 Å². The number of rotatable bonds is 7. The maximum atomic E-state index is 13.2. The van der Waals surface area contributed by atoms with Gasteiger partial charge in [0.15, 0.2) is 0 Å². The monoisotopic (exact) mass is 430 g/mol. The van der Waals surface area contributed by atoms with Crippen LogP contribution in [0.5, 0.6) is 5.75 Å². The van der Waals surface area contributed by atoms with Crippen molar-refractivity contribution in [1.29, 1.82) is 0 Å². The third-order valence-electron chi connectivity index (χ3n) is 5.32. The van der Waals surface area contributed by atoms with Crippen LogP contribution in [0, 0.1) is 6.92 Å². The van der Waals surface area contributed by atoms with Gasteiger partial charge >= 0.3 is 0 Å². The predicted octanol–water partition coefficient (Wildman–Crippen LogP) is 3.89. The molecule has 1 heterocycles. The SMILES string of the molecule is CCOc1ccc(CNC(=O)c2ccc(C)c(S(=O)(=O)N3CCCCCC3)c2)cc1. The molecule has 0 unspecified atom stereocenters. The lowest BCUT2D eigenvalue weighted by molar-refractivity contribution is 0.0950. The number of ether oxygens (including phenoxy) is 1. The van der Waals surface area contributed by atoms with Gasteiger partial charge in [-0.25, -0.2) is 8.42 Å². The molecular weight excluding hydrogens is 400 g/mol. The molecule has 2 aromatic rings. The summed E-state index contributed by atoms with van der Waals surface area (Å²) in [4.78, 5) is 12.9. The summed E-state index contributed by atoms with van der Waals surface area (Å²) in [7, 11) is -3.61. The average Bonchev–Trinajstić information content (AvgIpc) is 3.04. The summed E-state index contributed by atoms with van der Waals surface area (Å²) in [6, 6.07) is 12.4. The number of nitrogens with one attached hydrogen (secondary N) is 1. The first-order valence-electron chi connectivity index (χ1n) is 10.5. The van der Waals surface area contributed by atoms with Gasteiger partial charge in [0.1, 0.15) is 5.75 Å². The molecule has 7 heteroatoms. The molecule has 1 saturated heterocycles. The van der Waals surface area contributed by atoms with Crippen molar-refractivity contribution in [3.05, 3.63) is 59.2 Å². The Morgan fingerprint density at radius 1 is 1.03 bits per heavy atom. The zero-order chi connectivity index (χ0) is 21.6. The first-order valence-corrected chi connectivity index (χ1v) is 12.0. The van der Waals surface area contributed by atoms with Crippen molar-refractivity contribution in [2.24, 2.45) is 0 Å². The molecule has 1 aliphatic rings. The van der Waals surface area contributed by atoms with E-state index in [-0.39, 0.29) is 10.8 Å². The normalized spacial score (nSPS) is 15.4. The standard InChI is InChI=1S/C23H30N2O4S/c1-3-29-21-12-9-19(10-13-21)17-24-23(26)20-11-8-18(2)22(16-20)30(27,28)25-14-6-4-5-7-15-25/h8-13,16H,3-7,14-15,17H2,1-2H3,(H,24,26). The highest BCUT2D eigenvalue weighted by molar-refractivity contribution is 7.89. The second-order valence-corrected chi connectivity index (χ2v) is 9.46. The Kier molecular flexibility index (Phi) is 7.50. The minimum Gasteiger partial charge on any atom is -0.494 e. The van der Waals surface area contributed by atoms with Crippen molar-refractivity contribution >= 4 is 15.9 Å². The quantitative estimate of drug-likeness (QED) is 0.723. The van der Waals surface area contributed by atoms with Crippen molar-refractivity contribution in [1.82, 2.24) is 9.62 Å². The lowest BCUT2D eigenvalue weighted by Crippen LogP contribution is -2.32. The molecule has 162 valence electrons. The molecule has 1 N–H and O–H groups in total. The second kappa shape index (κ2) is 10.1. The van der Waals surface area contributed by atoms with Crippen LogP contribution in [0.1, 0.15) is 54.1 Å². The zero-order valence-corrected chi connectivity index (χ0v) is 18.5. The molecule has 1 amide bonds. The molecule has 0 aliphatic carbocycles. The minimum absolute atomic E-state index is 0.220. The summed E-state index contributed by atoms with van der Waals surface area (Å²) in [6.07, 6.45) is 3.86. The summed E-state index contributed by atoms with van der Waals surface area (Å²) in [5, 5.41) is 2.87. The Balaban J connectivity index is 1.72. The van der Waals surface area contributed by atoms with E-state index in [4.69, 9.17) is 4.74 Å². The smallest absolute Gasteiger partial charge is 0.251 e. The molecule has 6 nitrogen and oxygen atoms in total. The van der Waals surface area contributed by atoms with Crippen molar-refractivity contribution in [3.63, 3.8) is 0 Å². The van der Waals surface area contributed by atoms with E-state index in [1.807, 2.05) is 31.2 Å². The lowest BCUT2D eigenvalue weighted by Gasteiger charge is -2.21. The van der Waals surface area contributed by atoms with Gasteiger partial charge in [0.25, 0.3) is 5.91 Å². The third kappa shape index (κ3) is 5.40. The lowest BCUT2D eigenvalue weighted by atomic mass is 10.1. The van der Waals surface area contributed by atoms with Crippen LogP contribution in [0.15, 0.2) is 47.4 Å². The van der Waals surface area contributed by atoms with Crippen LogP contribution in [0.25, 0.3) is 0 Å². The molecule has 0 saturated carbocycles. The molecule has 30 heavy (non-hydrogen) atoms. The second-order valence-electron chi connectivity index (χ2n) is 7.56. The van der Waals surface area contributed by atoms with Crippen LogP contribution in [-0.2, 0) is 16.6 Å². The molecular formula is C23H30N2O4S. The number of hydrogen-bond acceptors (Lipinski definition) is 4. The van der Waals surface area contributed by atoms with E-state index in [1.54, 1.807) is 23.4 Å². The molecule has 0 bridgehead atoms. The van der Waals surface area contributed by atoms with E-state index in [0.717, 1.165) is 37.0 Å². The predicted molar refractivity (Wildman–Crippen MR) is 117 cm³/mol. The summed E-state index contributed by atoms with van der Waals surface area (Å²) in [5.41, 5.74) is 1.94. The highest BCUT2D eigenvalue weighted by Crippen LogP contribution is 2.24. The van der Waals surface area contributed by atoms with Crippen molar-refractivity contribution in [3.8, 4) is 5.75 Å². The Hall–Kier alpha value is -2.38. The van der Waals surface area contributed by atoms with Crippen LogP contribution in [0.3, 0.4) is 0 Å². The number of carbonyl (C=O) groups is 1. The number of nitrogens with zero attached hydrogens (tertiary/aromatic N) is 1. The highest BCUT2D eigenvalue weighted by Gasteiger charge is 2.27. The van der Waals surface area contributed by atoms with Gasteiger partial charge in [0.2, 0.25) is 10.0 Å². The fourth-order valence-electron chi connectivity index (χ4n) is 3.59. The average molecular weight is 431 g/mol. The number of aryl methyl sites for hydroxylation is 1. The van der Waals surface area contributed by atoms with Crippen molar-refractivity contribution < 1.29 is 17.9 Å². The van der Waals surface area contributed by atoms with Crippen LogP contribution in [0.2, 0.25) is 0 Å². The highest BCUT2D eigenvalue weighted by atomic mass is 32.2. The van der Waals surface area contributed by atoms with Crippen molar-refractivity contribution in [2.75, 3.05) is 19.7 Å². The molecule has 0 aromatic heterocycles. The van der Waals surface area contributed by atoms with Gasteiger partial charge in [-0.2, -0.15) is 4.31 Å². The fourth-order valence-corrected chi connectivity index (χ4v) is 5.36. The summed E-state index contributed by atoms with van der Waals surface area (Å²) in [5.74, 6) is 0.491. The zero-order valence-electron chi connectivity index (χ0n) is 17.7. The van der Waals surface area contributed by atoms with E-state index < -0.39 is 10.0 Å². The first-order chi connectivity index (χ1) is 14.4. The molecule has 1 fully saturated rings. The number of carbonyl (C=O) groups excluding carboxylic acids is 1. The molecule has 1 aliphatic heterocycles. The molecule has 3 rings (SSSR count). The van der Waals surface area contributed by atoms with Gasteiger partial charge in [-0.05, 0) is 62.1 Å². The summed E-state index contributed by atoms with van der Waals surface area (Å²) in [6.45, 7) is 5.73. The Morgan fingerprint density at radius 2 is 1.70 bits per heavy atom.